The minimum absolute atomic E-state index is 0.290. The van der Waals surface area contributed by atoms with Gasteiger partial charge in [0.15, 0.2) is 0 Å². The lowest BCUT2D eigenvalue weighted by Gasteiger charge is -2.31. The molecule has 84 valence electrons. The van der Waals surface area contributed by atoms with E-state index in [9.17, 15) is 0 Å². The molecule has 1 aromatic rings. The van der Waals surface area contributed by atoms with E-state index in [4.69, 9.17) is 4.74 Å². The van der Waals surface area contributed by atoms with Crippen LogP contribution in [0.15, 0.2) is 12.3 Å². The lowest BCUT2D eigenvalue weighted by molar-refractivity contribution is -0.0358. The van der Waals surface area contributed by atoms with Gasteiger partial charge < -0.3 is 4.74 Å². The molecule has 4 nitrogen and oxygen atoms in total. The van der Waals surface area contributed by atoms with Gasteiger partial charge in [-0.3, -0.25) is 9.58 Å². The second kappa shape index (κ2) is 4.77. The minimum atomic E-state index is 0.290. The number of likely N-dealkylation sites (N-methyl/N-ethyl adjacent to an activating group) is 1. The second-order valence-electron chi connectivity index (χ2n) is 4.07. The summed E-state index contributed by atoms with van der Waals surface area (Å²) in [5.41, 5.74) is 1.07. The lowest BCUT2D eigenvalue weighted by atomic mass is 10.2. The first-order chi connectivity index (χ1) is 7.28. The van der Waals surface area contributed by atoms with Crippen molar-refractivity contribution in [3.05, 3.63) is 18.0 Å². The van der Waals surface area contributed by atoms with E-state index >= 15 is 0 Å². The number of nitrogens with zero attached hydrogens (tertiary/aromatic N) is 3. The third-order valence-corrected chi connectivity index (χ3v) is 2.83. The van der Waals surface area contributed by atoms with Gasteiger partial charge in [0.25, 0.3) is 0 Å². The Morgan fingerprint density at radius 3 is 3.13 bits per heavy atom. The van der Waals surface area contributed by atoms with Crippen LogP contribution in [0.1, 0.15) is 12.6 Å². The number of ether oxygens (including phenoxy) is 1. The largest absolute Gasteiger partial charge is 0.374 e. The highest BCUT2D eigenvalue weighted by Gasteiger charge is 2.19. The summed E-state index contributed by atoms with van der Waals surface area (Å²) in [6, 6.07) is 2.03. The molecule has 15 heavy (non-hydrogen) atoms. The van der Waals surface area contributed by atoms with E-state index in [0.29, 0.717) is 0 Å². The third kappa shape index (κ3) is 2.79. The summed E-state index contributed by atoms with van der Waals surface area (Å²) in [5, 5.41) is 4.37. The van der Waals surface area contributed by atoms with Gasteiger partial charge in [0.2, 0.25) is 0 Å². The molecule has 4 heteroatoms. The molecule has 1 aromatic heterocycles. The molecule has 1 aliphatic rings. The molecule has 0 aliphatic carbocycles. The quantitative estimate of drug-likeness (QED) is 0.741. The highest BCUT2D eigenvalue weighted by molar-refractivity contribution is 4.95. The van der Waals surface area contributed by atoms with Crippen molar-refractivity contribution in [3.63, 3.8) is 0 Å². The summed E-state index contributed by atoms with van der Waals surface area (Å²) >= 11 is 0. The van der Waals surface area contributed by atoms with E-state index in [1.807, 2.05) is 23.9 Å². The normalized spacial score (nSPS) is 23.2. The number of hydrogen-bond donors (Lipinski definition) is 0. The molecular weight excluding hydrogens is 190 g/mol. The SMILES string of the molecule is CCN1CCOC(Cn2ccc(C)n2)C1. The third-order valence-electron chi connectivity index (χ3n) is 2.83. The van der Waals surface area contributed by atoms with Crippen molar-refractivity contribution in [2.24, 2.45) is 0 Å². The average molecular weight is 209 g/mol. The molecule has 2 rings (SSSR count). The zero-order valence-corrected chi connectivity index (χ0v) is 9.52. The zero-order valence-electron chi connectivity index (χ0n) is 9.52. The Bertz CT molecular complexity index is 311. The highest BCUT2D eigenvalue weighted by atomic mass is 16.5. The summed E-state index contributed by atoms with van der Waals surface area (Å²) in [6.45, 7) is 9.11. The van der Waals surface area contributed by atoms with Crippen molar-refractivity contribution in [3.8, 4) is 0 Å². The van der Waals surface area contributed by atoms with Crippen LogP contribution < -0.4 is 0 Å². The standard InChI is InChI=1S/C11H19N3O/c1-3-13-6-7-15-11(8-13)9-14-5-4-10(2)12-14/h4-5,11H,3,6-9H2,1-2H3. The Morgan fingerprint density at radius 2 is 2.47 bits per heavy atom. The predicted molar refractivity (Wildman–Crippen MR) is 58.8 cm³/mol. The number of aromatic nitrogens is 2. The molecule has 1 saturated heterocycles. The van der Waals surface area contributed by atoms with Crippen LogP contribution in [0.5, 0.6) is 0 Å². The highest BCUT2D eigenvalue weighted by Crippen LogP contribution is 2.07. The summed E-state index contributed by atoms with van der Waals surface area (Å²) in [4.78, 5) is 2.42. The van der Waals surface area contributed by atoms with Crippen molar-refractivity contribution in [2.45, 2.75) is 26.5 Å². The van der Waals surface area contributed by atoms with E-state index in [-0.39, 0.29) is 6.10 Å². The van der Waals surface area contributed by atoms with Gasteiger partial charge in [-0.25, -0.2) is 0 Å². The minimum Gasteiger partial charge on any atom is -0.374 e. The topological polar surface area (TPSA) is 30.3 Å². The van der Waals surface area contributed by atoms with Crippen LogP contribution in [0, 0.1) is 6.92 Å². The lowest BCUT2D eigenvalue weighted by Crippen LogP contribution is -2.44. The van der Waals surface area contributed by atoms with Crippen LogP contribution in [-0.2, 0) is 11.3 Å². The molecule has 1 aliphatic heterocycles. The average Bonchev–Trinajstić information content (AvgIpc) is 2.64. The van der Waals surface area contributed by atoms with Crippen molar-refractivity contribution < 1.29 is 4.74 Å². The summed E-state index contributed by atoms with van der Waals surface area (Å²) in [6.07, 6.45) is 2.31. The van der Waals surface area contributed by atoms with Crippen molar-refractivity contribution in [2.75, 3.05) is 26.2 Å². The van der Waals surface area contributed by atoms with E-state index in [1.54, 1.807) is 0 Å². The molecule has 0 spiro atoms. The molecule has 0 N–H and O–H groups in total. The first-order valence-electron chi connectivity index (χ1n) is 5.62. The van der Waals surface area contributed by atoms with Gasteiger partial charge >= 0.3 is 0 Å². The molecule has 1 atom stereocenters. The van der Waals surface area contributed by atoms with Crippen LogP contribution in [0.2, 0.25) is 0 Å². The number of morpholine rings is 1. The van der Waals surface area contributed by atoms with E-state index in [1.165, 1.54) is 0 Å². The summed E-state index contributed by atoms with van der Waals surface area (Å²) in [5.74, 6) is 0. The van der Waals surface area contributed by atoms with Crippen LogP contribution in [0.4, 0.5) is 0 Å². The molecule has 0 bridgehead atoms. The first-order valence-corrected chi connectivity index (χ1v) is 5.62. The van der Waals surface area contributed by atoms with Gasteiger partial charge in [-0.1, -0.05) is 6.92 Å². The first kappa shape index (κ1) is 10.6. The number of hydrogen-bond acceptors (Lipinski definition) is 3. The molecular formula is C11H19N3O. The van der Waals surface area contributed by atoms with Gasteiger partial charge in [-0.2, -0.15) is 5.10 Å². The molecule has 0 amide bonds. The van der Waals surface area contributed by atoms with Crippen LogP contribution in [-0.4, -0.2) is 47.0 Å². The van der Waals surface area contributed by atoms with E-state index in [0.717, 1.165) is 38.5 Å². The second-order valence-corrected chi connectivity index (χ2v) is 4.07. The monoisotopic (exact) mass is 209 g/mol. The van der Waals surface area contributed by atoms with E-state index < -0.39 is 0 Å². The van der Waals surface area contributed by atoms with E-state index in [2.05, 4.69) is 16.9 Å². The maximum Gasteiger partial charge on any atom is 0.0898 e. The van der Waals surface area contributed by atoms with Gasteiger partial charge in [-0.05, 0) is 19.5 Å². The summed E-state index contributed by atoms with van der Waals surface area (Å²) in [7, 11) is 0. The predicted octanol–water partition coefficient (Wildman–Crippen LogP) is 0.912. The molecule has 0 saturated carbocycles. The van der Waals surface area contributed by atoms with Gasteiger partial charge in [0.05, 0.1) is 24.9 Å². The molecule has 0 aromatic carbocycles. The maximum atomic E-state index is 5.72. The summed E-state index contributed by atoms with van der Waals surface area (Å²) < 4.78 is 7.69. The van der Waals surface area contributed by atoms with Crippen molar-refractivity contribution >= 4 is 0 Å². The Hall–Kier alpha value is -0.870. The smallest absolute Gasteiger partial charge is 0.0898 e. The number of rotatable bonds is 3. The van der Waals surface area contributed by atoms with Gasteiger partial charge in [0.1, 0.15) is 0 Å². The Balaban J connectivity index is 1.88. The maximum absolute atomic E-state index is 5.72. The Kier molecular flexibility index (Phi) is 3.38. The van der Waals surface area contributed by atoms with Gasteiger partial charge in [0, 0.05) is 19.3 Å². The molecule has 2 heterocycles. The molecule has 0 radical (unpaired) electrons. The fourth-order valence-corrected chi connectivity index (χ4v) is 1.95. The molecule has 1 fully saturated rings. The fourth-order valence-electron chi connectivity index (χ4n) is 1.95. The molecule has 1 unspecified atom stereocenters. The Labute approximate surface area is 90.8 Å². The number of aryl methyl sites for hydroxylation is 1. The van der Waals surface area contributed by atoms with Gasteiger partial charge in [-0.15, -0.1) is 0 Å². The zero-order chi connectivity index (χ0) is 10.7. The van der Waals surface area contributed by atoms with Crippen LogP contribution in [0.3, 0.4) is 0 Å². The fraction of sp³-hybridized carbons (Fsp3) is 0.727. The van der Waals surface area contributed by atoms with Crippen molar-refractivity contribution in [1.82, 2.24) is 14.7 Å². The van der Waals surface area contributed by atoms with Crippen molar-refractivity contribution in [1.29, 1.82) is 0 Å². The Morgan fingerprint density at radius 1 is 1.60 bits per heavy atom. The van der Waals surface area contributed by atoms with Crippen LogP contribution in [0.25, 0.3) is 0 Å². The van der Waals surface area contributed by atoms with Crippen LogP contribution >= 0.6 is 0 Å².